The van der Waals surface area contributed by atoms with E-state index < -0.39 is 5.60 Å². The van der Waals surface area contributed by atoms with Gasteiger partial charge in [-0.2, -0.15) is 5.26 Å². The second-order valence-corrected chi connectivity index (χ2v) is 6.23. The summed E-state index contributed by atoms with van der Waals surface area (Å²) < 4.78 is 5.24. The highest BCUT2D eigenvalue weighted by Gasteiger charge is 2.17. The molecule has 0 aliphatic rings. The van der Waals surface area contributed by atoms with Gasteiger partial charge in [-0.25, -0.2) is 0 Å². The highest BCUT2D eigenvalue weighted by molar-refractivity contribution is 8.00. The minimum absolute atomic E-state index is 0.189. The van der Waals surface area contributed by atoms with Crippen LogP contribution in [-0.4, -0.2) is 22.3 Å². The molecule has 0 aliphatic heterocycles. The van der Waals surface area contributed by atoms with E-state index in [0.717, 1.165) is 10.6 Å². The second-order valence-electron chi connectivity index (χ2n) is 5.21. The summed E-state index contributed by atoms with van der Waals surface area (Å²) in [6.45, 7) is 9.15. The number of pyridine rings is 1. The molecule has 0 atom stereocenters. The number of carbonyl (C=O) groups is 1. The van der Waals surface area contributed by atoms with E-state index in [1.807, 2.05) is 33.8 Å². The van der Waals surface area contributed by atoms with Gasteiger partial charge in [0.05, 0.1) is 17.0 Å². The van der Waals surface area contributed by atoms with Crippen molar-refractivity contribution in [3.05, 3.63) is 23.0 Å². The Hall–Kier alpha value is -1.54. The second kappa shape index (κ2) is 6.07. The van der Waals surface area contributed by atoms with Crippen LogP contribution in [0.15, 0.2) is 11.0 Å². The van der Waals surface area contributed by atoms with Crippen LogP contribution in [0.5, 0.6) is 0 Å². The van der Waals surface area contributed by atoms with Gasteiger partial charge in [0.15, 0.2) is 0 Å². The Morgan fingerprint density at radius 3 is 2.63 bits per heavy atom. The maximum absolute atomic E-state index is 11.7. The first-order valence-electron chi connectivity index (χ1n) is 5.96. The lowest BCUT2D eigenvalue weighted by molar-refractivity contribution is -0.151. The first-order valence-corrected chi connectivity index (χ1v) is 6.94. The molecule has 19 heavy (non-hydrogen) atoms. The number of ether oxygens (including phenoxy) is 1. The zero-order valence-corrected chi connectivity index (χ0v) is 12.7. The van der Waals surface area contributed by atoms with E-state index in [4.69, 9.17) is 10.00 Å². The third kappa shape index (κ3) is 4.92. The fraction of sp³-hybridized carbons (Fsp3) is 0.500. The van der Waals surface area contributed by atoms with Gasteiger partial charge in [0.1, 0.15) is 11.7 Å². The van der Waals surface area contributed by atoms with Crippen LogP contribution >= 0.6 is 11.8 Å². The number of esters is 1. The Labute approximate surface area is 118 Å². The quantitative estimate of drug-likeness (QED) is 0.628. The van der Waals surface area contributed by atoms with Crippen molar-refractivity contribution in [3.63, 3.8) is 0 Å². The number of carbonyl (C=O) groups excluding carboxylic acids is 1. The summed E-state index contributed by atoms with van der Waals surface area (Å²) in [5.74, 6) is -0.0945. The Bertz CT molecular complexity index is 527. The lowest BCUT2D eigenvalue weighted by atomic mass is 10.2. The van der Waals surface area contributed by atoms with Crippen LogP contribution in [0.1, 0.15) is 37.7 Å². The third-order valence-electron chi connectivity index (χ3n) is 2.17. The lowest BCUT2D eigenvalue weighted by Gasteiger charge is -2.19. The molecule has 4 nitrogen and oxygen atoms in total. The van der Waals surface area contributed by atoms with Crippen molar-refractivity contribution in [2.24, 2.45) is 0 Å². The van der Waals surface area contributed by atoms with Crippen LogP contribution in [-0.2, 0) is 9.53 Å². The number of hydrogen-bond donors (Lipinski definition) is 0. The molecule has 102 valence electrons. The van der Waals surface area contributed by atoms with Crippen molar-refractivity contribution in [1.29, 1.82) is 5.26 Å². The summed E-state index contributed by atoms with van der Waals surface area (Å²) in [5.41, 5.74) is 1.57. The molecule has 0 radical (unpaired) electrons. The number of aryl methyl sites for hydroxylation is 2. The van der Waals surface area contributed by atoms with Gasteiger partial charge < -0.3 is 4.74 Å². The van der Waals surface area contributed by atoms with Crippen molar-refractivity contribution in [2.75, 3.05) is 5.75 Å². The molecule has 0 fully saturated rings. The molecular formula is C14H18N2O2S. The topological polar surface area (TPSA) is 63.0 Å². The van der Waals surface area contributed by atoms with Crippen LogP contribution < -0.4 is 0 Å². The number of nitrogens with zero attached hydrogens (tertiary/aromatic N) is 2. The van der Waals surface area contributed by atoms with Gasteiger partial charge in [-0.05, 0) is 40.7 Å². The van der Waals surface area contributed by atoms with Crippen molar-refractivity contribution < 1.29 is 9.53 Å². The maximum Gasteiger partial charge on any atom is 0.316 e. The fourth-order valence-corrected chi connectivity index (χ4v) is 2.47. The van der Waals surface area contributed by atoms with Crippen LogP contribution in [0.25, 0.3) is 0 Å². The number of hydrogen-bond acceptors (Lipinski definition) is 5. The SMILES string of the molecule is Cc1cc(SCC(=O)OC(C)(C)C)c(C#N)c(C)n1. The van der Waals surface area contributed by atoms with Gasteiger partial charge in [-0.15, -0.1) is 11.8 Å². The third-order valence-corrected chi connectivity index (χ3v) is 3.18. The number of rotatable bonds is 3. The molecule has 0 aromatic carbocycles. The van der Waals surface area contributed by atoms with E-state index in [0.29, 0.717) is 11.3 Å². The van der Waals surface area contributed by atoms with Crippen molar-refractivity contribution in [1.82, 2.24) is 4.98 Å². The molecule has 0 amide bonds. The van der Waals surface area contributed by atoms with E-state index >= 15 is 0 Å². The molecular weight excluding hydrogens is 260 g/mol. The molecule has 0 unspecified atom stereocenters. The van der Waals surface area contributed by atoms with Crippen LogP contribution in [0, 0.1) is 25.2 Å². The van der Waals surface area contributed by atoms with Crippen molar-refractivity contribution in [2.45, 2.75) is 45.1 Å². The molecule has 0 bridgehead atoms. The molecule has 5 heteroatoms. The van der Waals surface area contributed by atoms with Crippen molar-refractivity contribution >= 4 is 17.7 Å². The Balaban J connectivity index is 2.79. The summed E-state index contributed by atoms with van der Waals surface area (Å²) in [5, 5.41) is 9.12. The van der Waals surface area contributed by atoms with Crippen LogP contribution in [0.2, 0.25) is 0 Å². The number of thioether (sulfide) groups is 1. The molecule has 0 aliphatic carbocycles. The van der Waals surface area contributed by atoms with Crippen LogP contribution in [0.4, 0.5) is 0 Å². The summed E-state index contributed by atoms with van der Waals surface area (Å²) in [4.78, 5) is 16.7. The van der Waals surface area contributed by atoms with Gasteiger partial charge in [-0.3, -0.25) is 9.78 Å². The predicted molar refractivity (Wildman–Crippen MR) is 75.0 cm³/mol. The zero-order valence-electron chi connectivity index (χ0n) is 11.9. The zero-order chi connectivity index (χ0) is 14.6. The number of nitriles is 1. The lowest BCUT2D eigenvalue weighted by Crippen LogP contribution is -2.24. The van der Waals surface area contributed by atoms with Gasteiger partial charge in [0.25, 0.3) is 0 Å². The molecule has 0 saturated carbocycles. The highest BCUT2D eigenvalue weighted by atomic mass is 32.2. The predicted octanol–water partition coefficient (Wildman–Crippen LogP) is 3.00. The van der Waals surface area contributed by atoms with Gasteiger partial charge in [0, 0.05) is 10.6 Å². The van der Waals surface area contributed by atoms with Crippen LogP contribution in [0.3, 0.4) is 0 Å². The smallest absolute Gasteiger partial charge is 0.316 e. The normalized spacial score (nSPS) is 10.9. The Kier molecular flexibility index (Phi) is 4.96. The molecule has 0 N–H and O–H groups in total. The molecule has 1 rings (SSSR count). The summed E-state index contributed by atoms with van der Waals surface area (Å²) in [6.07, 6.45) is 0. The van der Waals surface area contributed by atoms with E-state index in [1.54, 1.807) is 6.92 Å². The molecule has 1 aromatic heterocycles. The minimum atomic E-state index is -0.486. The van der Waals surface area contributed by atoms with Gasteiger partial charge in [0.2, 0.25) is 0 Å². The summed E-state index contributed by atoms with van der Waals surface area (Å²) >= 11 is 1.31. The summed E-state index contributed by atoms with van der Waals surface area (Å²) in [7, 11) is 0. The fourth-order valence-electron chi connectivity index (χ4n) is 1.55. The van der Waals surface area contributed by atoms with Gasteiger partial charge >= 0.3 is 5.97 Å². The average molecular weight is 278 g/mol. The molecule has 1 aromatic rings. The molecule has 1 heterocycles. The Morgan fingerprint density at radius 1 is 1.47 bits per heavy atom. The largest absolute Gasteiger partial charge is 0.459 e. The van der Waals surface area contributed by atoms with Gasteiger partial charge in [-0.1, -0.05) is 0 Å². The van der Waals surface area contributed by atoms with E-state index in [-0.39, 0.29) is 11.7 Å². The first-order chi connectivity index (χ1) is 8.73. The average Bonchev–Trinajstić information content (AvgIpc) is 2.23. The van der Waals surface area contributed by atoms with E-state index in [9.17, 15) is 4.79 Å². The standard InChI is InChI=1S/C14H18N2O2S/c1-9-6-12(11(7-15)10(2)16-9)19-8-13(17)18-14(3,4)5/h6H,8H2,1-5H3. The summed E-state index contributed by atoms with van der Waals surface area (Å²) in [6, 6.07) is 3.95. The highest BCUT2D eigenvalue weighted by Crippen LogP contribution is 2.25. The Morgan fingerprint density at radius 2 is 2.11 bits per heavy atom. The minimum Gasteiger partial charge on any atom is -0.459 e. The first kappa shape index (κ1) is 15.5. The van der Waals surface area contributed by atoms with E-state index in [2.05, 4.69) is 11.1 Å². The van der Waals surface area contributed by atoms with Crippen molar-refractivity contribution in [3.8, 4) is 6.07 Å². The maximum atomic E-state index is 11.7. The number of aromatic nitrogens is 1. The molecule has 0 saturated heterocycles. The monoisotopic (exact) mass is 278 g/mol. The molecule has 0 spiro atoms. The van der Waals surface area contributed by atoms with E-state index in [1.165, 1.54) is 11.8 Å².